The summed E-state index contributed by atoms with van der Waals surface area (Å²) in [4.78, 5) is 51.7. The summed E-state index contributed by atoms with van der Waals surface area (Å²) in [7, 11) is 0. The minimum atomic E-state index is -0.815. The van der Waals surface area contributed by atoms with Gasteiger partial charge in [-0.15, -0.1) is 0 Å². The maximum absolute atomic E-state index is 15.5. The molecule has 0 radical (unpaired) electrons. The highest BCUT2D eigenvalue weighted by molar-refractivity contribution is 5.85. The molecule has 0 spiro atoms. The zero-order valence-electron chi connectivity index (χ0n) is 37.4. The van der Waals surface area contributed by atoms with Gasteiger partial charge in [-0.3, -0.25) is 14.4 Å². The first-order valence-corrected chi connectivity index (χ1v) is 22.9. The van der Waals surface area contributed by atoms with Crippen molar-refractivity contribution in [1.29, 1.82) is 0 Å². The highest BCUT2D eigenvalue weighted by Crippen LogP contribution is 2.78. The van der Waals surface area contributed by atoms with Gasteiger partial charge in [0.05, 0.1) is 23.3 Å². The van der Waals surface area contributed by atoms with Crippen LogP contribution in [-0.2, 0) is 24.5 Å². The van der Waals surface area contributed by atoms with Gasteiger partial charge in [-0.25, -0.2) is 4.98 Å². The zero-order valence-corrected chi connectivity index (χ0v) is 37.4. The van der Waals surface area contributed by atoms with E-state index in [-0.39, 0.29) is 56.5 Å². The van der Waals surface area contributed by atoms with Crippen LogP contribution in [0.3, 0.4) is 0 Å². The lowest BCUT2D eigenvalue weighted by atomic mass is 9.32. The number of nitrogens with zero attached hydrogens (tertiary/aromatic N) is 2. The number of carbonyl (C=O) groups excluding carboxylic acids is 2. The number of aromatic nitrogens is 2. The van der Waals surface area contributed by atoms with E-state index in [1.54, 1.807) is 0 Å². The van der Waals surface area contributed by atoms with Crippen LogP contribution in [0.1, 0.15) is 177 Å². The molecule has 1 saturated heterocycles. The molecule has 2 heterocycles. The molecule has 7 fully saturated rings. The van der Waals surface area contributed by atoms with Crippen LogP contribution < -0.4 is 0 Å². The number of likely N-dealkylation sites (tertiary alicyclic amines) is 1. The first-order chi connectivity index (χ1) is 26.4. The molecule has 0 aromatic carbocycles. The van der Waals surface area contributed by atoms with E-state index in [0.29, 0.717) is 41.9 Å². The lowest BCUT2D eigenvalue weighted by molar-refractivity contribution is -0.251. The van der Waals surface area contributed by atoms with Crippen LogP contribution in [0.2, 0.25) is 0 Å². The molecular weight excluding hydrogens is 711 g/mol. The van der Waals surface area contributed by atoms with Crippen LogP contribution in [0.4, 0.5) is 0 Å². The highest BCUT2D eigenvalue weighted by Gasteiger charge is 2.72. The number of amides is 1. The van der Waals surface area contributed by atoms with Gasteiger partial charge in [0.1, 0.15) is 11.9 Å². The fourth-order valence-corrected chi connectivity index (χ4v) is 16.1. The second-order valence-corrected chi connectivity index (χ2v) is 23.7. The number of hydrogen-bond donors (Lipinski definition) is 2. The number of hydrogen-bond acceptors (Lipinski definition) is 5. The molecule has 6 saturated carbocycles. The Bertz CT molecular complexity index is 1820. The van der Waals surface area contributed by atoms with Gasteiger partial charge in [-0.05, 0) is 142 Å². The van der Waals surface area contributed by atoms with Crippen molar-refractivity contribution in [3.63, 3.8) is 0 Å². The second-order valence-electron chi connectivity index (χ2n) is 23.7. The highest BCUT2D eigenvalue weighted by atomic mass is 16.5. The van der Waals surface area contributed by atoms with E-state index in [1.807, 2.05) is 20.0 Å². The summed E-state index contributed by atoms with van der Waals surface area (Å²) in [6.45, 7) is 30.7. The number of ether oxygens (including phenoxy) is 1. The van der Waals surface area contributed by atoms with Crippen molar-refractivity contribution in [2.24, 2.45) is 73.9 Å². The Morgan fingerprint density at radius 1 is 0.860 bits per heavy atom. The Kier molecular flexibility index (Phi) is 9.50. The third kappa shape index (κ3) is 5.68. The number of rotatable bonds is 6. The van der Waals surface area contributed by atoms with Gasteiger partial charge in [0, 0.05) is 29.3 Å². The third-order valence-corrected chi connectivity index (χ3v) is 19.8. The number of imidazole rings is 1. The molecule has 316 valence electrons. The standard InChI is InChI=1S/C49H75N3O5/c1-28(2)29-17-22-49(42(56)52-25-13-14-33(52)39-50-27-36(51-39)43(3,4)5)24-23-47(11)30(38(29)49)15-16-35-46(10)20-19-37(45(8,9)34(46)18-21-48(35,47)12)57-41(55)32-26-31(40(53)54)44(32,6)7/h27,29-35,37-38H,1,13-26H2,2-12H3,(H,50,51)(H,53,54)/t29-,30+,31-,32+,33-,34-,35+,37-,38+,46-,47+,48+,49-/m0/s1. The molecule has 7 aliphatic rings. The smallest absolute Gasteiger partial charge is 0.309 e. The Hall–Kier alpha value is -2.64. The van der Waals surface area contributed by atoms with Gasteiger partial charge in [-0.1, -0.05) is 81.4 Å². The van der Waals surface area contributed by atoms with Gasteiger partial charge in [0.2, 0.25) is 5.91 Å². The van der Waals surface area contributed by atoms with Crippen molar-refractivity contribution in [2.75, 3.05) is 6.54 Å². The molecule has 8 nitrogen and oxygen atoms in total. The van der Waals surface area contributed by atoms with Crippen molar-refractivity contribution in [3.8, 4) is 0 Å². The van der Waals surface area contributed by atoms with Gasteiger partial charge in [0.15, 0.2) is 0 Å². The van der Waals surface area contributed by atoms with Crippen molar-refractivity contribution < 1.29 is 24.2 Å². The molecule has 1 aromatic heterocycles. The van der Waals surface area contributed by atoms with Crippen LogP contribution in [0.15, 0.2) is 18.3 Å². The molecule has 57 heavy (non-hydrogen) atoms. The van der Waals surface area contributed by atoms with Crippen molar-refractivity contribution in [2.45, 2.75) is 177 Å². The quantitative estimate of drug-likeness (QED) is 0.219. The third-order valence-electron chi connectivity index (χ3n) is 19.8. The first kappa shape index (κ1) is 41.1. The fraction of sp³-hybridized carbons (Fsp3) is 0.837. The molecule has 2 N–H and O–H groups in total. The second kappa shape index (κ2) is 13.2. The minimum absolute atomic E-state index is 0.0175. The zero-order chi connectivity index (χ0) is 41.5. The summed E-state index contributed by atoms with van der Waals surface area (Å²) >= 11 is 0. The fourth-order valence-electron chi connectivity index (χ4n) is 16.1. The van der Waals surface area contributed by atoms with E-state index in [2.05, 4.69) is 78.8 Å². The van der Waals surface area contributed by atoms with E-state index >= 15 is 4.79 Å². The number of esters is 1. The summed E-state index contributed by atoms with van der Waals surface area (Å²) in [5, 5.41) is 9.69. The summed E-state index contributed by atoms with van der Waals surface area (Å²) in [5.74, 6) is 1.65. The Balaban J connectivity index is 1.05. The van der Waals surface area contributed by atoms with Crippen molar-refractivity contribution >= 4 is 17.8 Å². The SMILES string of the molecule is C=C(C)[C@@H]1CC[C@]2(C(=O)N3CCC[C@H]3c3ncc(C(C)(C)C)[nH]3)CC[C@]3(C)[C@H](CC[C@@H]4[C@@]5(C)CC[C@H](OC(=O)[C@H]6C[C@@H](C(=O)O)C6(C)C)C(C)(C)[C@@H]5CC[C@]43C)[C@@H]12. The molecule has 8 heteroatoms. The van der Waals surface area contributed by atoms with Crippen LogP contribution in [0.5, 0.6) is 0 Å². The molecule has 1 aromatic rings. The Morgan fingerprint density at radius 2 is 1.58 bits per heavy atom. The Labute approximate surface area is 343 Å². The summed E-state index contributed by atoms with van der Waals surface area (Å²) in [6.07, 6.45) is 14.8. The lowest BCUT2D eigenvalue weighted by Crippen LogP contribution is -2.67. The predicted octanol–water partition coefficient (Wildman–Crippen LogP) is 10.7. The van der Waals surface area contributed by atoms with Crippen LogP contribution in [0, 0.1) is 73.9 Å². The maximum Gasteiger partial charge on any atom is 0.309 e. The first-order valence-electron chi connectivity index (χ1n) is 22.9. The van der Waals surface area contributed by atoms with Gasteiger partial charge >= 0.3 is 11.9 Å². The van der Waals surface area contributed by atoms with Crippen LogP contribution in [0.25, 0.3) is 0 Å². The summed E-state index contributed by atoms with van der Waals surface area (Å²) in [5.41, 5.74) is 1.65. The van der Waals surface area contributed by atoms with E-state index in [0.717, 1.165) is 75.9 Å². The number of carbonyl (C=O) groups is 3. The van der Waals surface area contributed by atoms with E-state index < -0.39 is 17.3 Å². The molecular formula is C49H75N3O5. The number of fused-ring (bicyclic) bond motifs is 7. The predicted molar refractivity (Wildman–Crippen MR) is 223 cm³/mol. The topological polar surface area (TPSA) is 113 Å². The number of carboxylic acids is 1. The molecule has 0 bridgehead atoms. The number of allylic oxidation sites excluding steroid dienone is 1. The normalized spacial score (nSPS) is 44.5. The number of H-pyrrole nitrogens is 1. The van der Waals surface area contributed by atoms with Crippen molar-refractivity contribution in [3.05, 3.63) is 29.9 Å². The number of aromatic amines is 1. The van der Waals surface area contributed by atoms with E-state index in [4.69, 9.17) is 9.72 Å². The average molecular weight is 786 g/mol. The molecule has 1 aliphatic heterocycles. The van der Waals surface area contributed by atoms with Gasteiger partial charge in [0.25, 0.3) is 0 Å². The summed E-state index contributed by atoms with van der Waals surface area (Å²) in [6, 6.07) is 0.0175. The monoisotopic (exact) mass is 786 g/mol. The molecule has 0 unspecified atom stereocenters. The van der Waals surface area contributed by atoms with E-state index in [1.165, 1.54) is 24.8 Å². The van der Waals surface area contributed by atoms with Crippen molar-refractivity contribution in [1.82, 2.24) is 14.9 Å². The molecule has 8 rings (SSSR count). The summed E-state index contributed by atoms with van der Waals surface area (Å²) < 4.78 is 6.46. The average Bonchev–Trinajstić information content (AvgIpc) is 3.88. The van der Waals surface area contributed by atoms with Crippen LogP contribution >= 0.6 is 0 Å². The number of carboxylic acid groups (broad SMARTS) is 1. The van der Waals surface area contributed by atoms with Gasteiger partial charge in [-0.2, -0.15) is 0 Å². The van der Waals surface area contributed by atoms with Crippen LogP contribution in [-0.4, -0.2) is 50.5 Å². The Morgan fingerprint density at radius 3 is 2.21 bits per heavy atom. The molecule has 13 atom stereocenters. The van der Waals surface area contributed by atoms with E-state index in [9.17, 15) is 14.7 Å². The van der Waals surface area contributed by atoms with Gasteiger partial charge < -0.3 is 19.7 Å². The number of nitrogens with one attached hydrogen (secondary N) is 1. The molecule has 6 aliphatic carbocycles. The largest absolute Gasteiger partial charge is 0.481 e. The lowest BCUT2D eigenvalue weighted by Gasteiger charge is -2.73. The molecule has 1 amide bonds. The maximum atomic E-state index is 15.5. The minimum Gasteiger partial charge on any atom is -0.481 e. The number of aliphatic carboxylic acids is 1.